The van der Waals surface area contributed by atoms with Crippen LogP contribution < -0.4 is 5.32 Å². The van der Waals surface area contributed by atoms with Crippen molar-refractivity contribution in [1.82, 2.24) is 5.32 Å². The minimum Gasteiger partial charge on any atom is -0.370 e. The fraction of sp³-hybridized carbons (Fsp3) is 0.500. The van der Waals surface area contributed by atoms with Gasteiger partial charge in [-0.15, -0.1) is 11.3 Å². The third kappa shape index (κ3) is 2.31. The topological polar surface area (TPSA) is 24.4 Å². The third-order valence-corrected chi connectivity index (χ3v) is 3.09. The Bertz CT molecular complexity index is 290. The third-order valence-electron chi connectivity index (χ3n) is 2.16. The van der Waals surface area contributed by atoms with E-state index in [-0.39, 0.29) is 0 Å². The van der Waals surface area contributed by atoms with Crippen molar-refractivity contribution in [2.45, 2.75) is 25.8 Å². The molecular weight excluding hydrogens is 180 g/mol. The summed E-state index contributed by atoms with van der Waals surface area (Å²) in [5.74, 6) is 1.18. The Balaban J connectivity index is 1.81. The zero-order chi connectivity index (χ0) is 9.10. The monoisotopic (exact) mass is 194 g/mol. The first-order valence-electron chi connectivity index (χ1n) is 4.67. The highest BCUT2D eigenvalue weighted by Gasteiger charge is 2.11. The second kappa shape index (κ2) is 3.92. The van der Waals surface area contributed by atoms with E-state index >= 15 is 0 Å². The SMILES string of the molecule is CC1CN=C(CCc2cccs2)N1. The van der Waals surface area contributed by atoms with Gasteiger partial charge < -0.3 is 5.32 Å². The number of rotatable bonds is 3. The van der Waals surface area contributed by atoms with Gasteiger partial charge in [-0.05, 0) is 24.8 Å². The van der Waals surface area contributed by atoms with Crippen LogP contribution in [0.3, 0.4) is 0 Å². The molecule has 1 aromatic rings. The summed E-state index contributed by atoms with van der Waals surface area (Å²) in [4.78, 5) is 5.87. The lowest BCUT2D eigenvalue weighted by atomic mass is 10.2. The number of aryl methyl sites for hydroxylation is 1. The van der Waals surface area contributed by atoms with Crippen LogP contribution in [0.5, 0.6) is 0 Å². The first kappa shape index (κ1) is 8.75. The van der Waals surface area contributed by atoms with Crippen LogP contribution in [0.2, 0.25) is 0 Å². The van der Waals surface area contributed by atoms with Crippen molar-refractivity contribution in [2.24, 2.45) is 4.99 Å². The van der Waals surface area contributed by atoms with Crippen LogP contribution in [0.4, 0.5) is 0 Å². The molecule has 0 saturated heterocycles. The van der Waals surface area contributed by atoms with Crippen LogP contribution in [0.25, 0.3) is 0 Å². The molecular formula is C10H14N2S. The van der Waals surface area contributed by atoms with Crippen LogP contribution in [0.15, 0.2) is 22.5 Å². The average molecular weight is 194 g/mol. The summed E-state index contributed by atoms with van der Waals surface area (Å²) in [7, 11) is 0. The van der Waals surface area contributed by atoms with E-state index in [9.17, 15) is 0 Å². The average Bonchev–Trinajstić information content (AvgIpc) is 2.71. The van der Waals surface area contributed by atoms with Gasteiger partial charge >= 0.3 is 0 Å². The Hall–Kier alpha value is -0.830. The van der Waals surface area contributed by atoms with Crippen LogP contribution >= 0.6 is 11.3 Å². The van der Waals surface area contributed by atoms with Gasteiger partial charge in [-0.3, -0.25) is 4.99 Å². The number of hydrogen-bond acceptors (Lipinski definition) is 3. The maximum Gasteiger partial charge on any atom is 0.0970 e. The molecule has 13 heavy (non-hydrogen) atoms. The lowest BCUT2D eigenvalue weighted by molar-refractivity contribution is 0.720. The van der Waals surface area contributed by atoms with Gasteiger partial charge in [0, 0.05) is 17.3 Å². The fourth-order valence-corrected chi connectivity index (χ4v) is 2.18. The van der Waals surface area contributed by atoms with E-state index in [1.165, 1.54) is 10.7 Å². The highest BCUT2D eigenvalue weighted by atomic mass is 32.1. The normalized spacial score (nSPS) is 21.3. The summed E-state index contributed by atoms with van der Waals surface area (Å²) in [5.41, 5.74) is 0. The Kier molecular flexibility index (Phi) is 2.64. The van der Waals surface area contributed by atoms with Gasteiger partial charge in [0.05, 0.1) is 12.4 Å². The number of nitrogens with zero attached hydrogens (tertiary/aromatic N) is 1. The summed E-state index contributed by atoms with van der Waals surface area (Å²) < 4.78 is 0. The first-order valence-corrected chi connectivity index (χ1v) is 5.55. The zero-order valence-corrected chi connectivity index (χ0v) is 8.60. The number of aliphatic imine (C=N–C) groups is 1. The summed E-state index contributed by atoms with van der Waals surface area (Å²) >= 11 is 1.82. The number of amidine groups is 1. The Labute approximate surface area is 82.7 Å². The summed E-state index contributed by atoms with van der Waals surface area (Å²) in [6.07, 6.45) is 2.18. The van der Waals surface area contributed by atoms with E-state index < -0.39 is 0 Å². The van der Waals surface area contributed by atoms with Crippen LogP contribution in [0.1, 0.15) is 18.2 Å². The Morgan fingerprint density at radius 2 is 2.54 bits per heavy atom. The fourth-order valence-electron chi connectivity index (χ4n) is 1.47. The van der Waals surface area contributed by atoms with Gasteiger partial charge in [0.15, 0.2) is 0 Å². The van der Waals surface area contributed by atoms with E-state index in [1.807, 2.05) is 11.3 Å². The second-order valence-corrected chi connectivity index (χ2v) is 4.44. The largest absolute Gasteiger partial charge is 0.370 e. The zero-order valence-electron chi connectivity index (χ0n) is 7.79. The highest BCUT2D eigenvalue weighted by molar-refractivity contribution is 7.09. The molecule has 0 aliphatic carbocycles. The van der Waals surface area contributed by atoms with Crippen molar-refractivity contribution in [3.8, 4) is 0 Å². The van der Waals surface area contributed by atoms with E-state index in [0.717, 1.165) is 19.4 Å². The van der Waals surface area contributed by atoms with Crippen molar-refractivity contribution in [2.75, 3.05) is 6.54 Å². The molecule has 0 radical (unpaired) electrons. The number of nitrogens with one attached hydrogen (secondary N) is 1. The molecule has 0 spiro atoms. The summed E-state index contributed by atoms with van der Waals surface area (Å²) in [5, 5.41) is 5.50. The second-order valence-electron chi connectivity index (χ2n) is 3.41. The molecule has 2 nitrogen and oxygen atoms in total. The van der Waals surface area contributed by atoms with Gasteiger partial charge in [0.1, 0.15) is 0 Å². The quantitative estimate of drug-likeness (QED) is 0.782. The molecule has 0 saturated carbocycles. The summed E-state index contributed by atoms with van der Waals surface area (Å²) in [6.45, 7) is 3.11. The van der Waals surface area contributed by atoms with Crippen LogP contribution in [-0.4, -0.2) is 18.4 Å². The molecule has 2 rings (SSSR count). The molecule has 0 aromatic carbocycles. The minimum absolute atomic E-state index is 0.540. The molecule has 1 atom stereocenters. The van der Waals surface area contributed by atoms with E-state index in [4.69, 9.17) is 0 Å². The Morgan fingerprint density at radius 3 is 3.15 bits per heavy atom. The molecule has 0 amide bonds. The standard InChI is InChI=1S/C10H14N2S/c1-8-7-11-10(12-8)5-4-9-3-2-6-13-9/h2-3,6,8H,4-5,7H2,1H3,(H,11,12). The molecule has 1 unspecified atom stereocenters. The lowest BCUT2D eigenvalue weighted by Crippen LogP contribution is -2.27. The van der Waals surface area contributed by atoms with Crippen molar-refractivity contribution < 1.29 is 0 Å². The minimum atomic E-state index is 0.540. The van der Waals surface area contributed by atoms with E-state index in [2.05, 4.69) is 34.7 Å². The molecule has 2 heterocycles. The molecule has 1 N–H and O–H groups in total. The van der Waals surface area contributed by atoms with Gasteiger partial charge in [-0.1, -0.05) is 6.07 Å². The van der Waals surface area contributed by atoms with Gasteiger partial charge in [0.25, 0.3) is 0 Å². The van der Waals surface area contributed by atoms with Gasteiger partial charge in [-0.25, -0.2) is 0 Å². The van der Waals surface area contributed by atoms with Crippen molar-refractivity contribution in [1.29, 1.82) is 0 Å². The molecule has 0 bridgehead atoms. The molecule has 1 aliphatic heterocycles. The molecule has 3 heteroatoms. The Morgan fingerprint density at radius 1 is 1.62 bits per heavy atom. The predicted octanol–water partition coefficient (Wildman–Crippen LogP) is 2.07. The van der Waals surface area contributed by atoms with Gasteiger partial charge in [-0.2, -0.15) is 0 Å². The number of hydrogen-bond donors (Lipinski definition) is 1. The molecule has 70 valence electrons. The van der Waals surface area contributed by atoms with E-state index in [1.54, 1.807) is 0 Å². The highest BCUT2D eigenvalue weighted by Crippen LogP contribution is 2.11. The lowest BCUT2D eigenvalue weighted by Gasteiger charge is -2.04. The van der Waals surface area contributed by atoms with E-state index in [0.29, 0.717) is 6.04 Å². The van der Waals surface area contributed by atoms with Gasteiger partial charge in [0.2, 0.25) is 0 Å². The predicted molar refractivity (Wildman–Crippen MR) is 57.5 cm³/mol. The van der Waals surface area contributed by atoms with Crippen LogP contribution in [0, 0.1) is 0 Å². The smallest absolute Gasteiger partial charge is 0.0970 e. The maximum absolute atomic E-state index is 4.43. The summed E-state index contributed by atoms with van der Waals surface area (Å²) in [6, 6.07) is 4.83. The van der Waals surface area contributed by atoms with Crippen LogP contribution in [-0.2, 0) is 6.42 Å². The first-order chi connectivity index (χ1) is 6.34. The van der Waals surface area contributed by atoms with Crippen molar-refractivity contribution in [3.63, 3.8) is 0 Å². The maximum atomic E-state index is 4.43. The molecule has 0 fully saturated rings. The number of thiophene rings is 1. The van der Waals surface area contributed by atoms with Crippen molar-refractivity contribution in [3.05, 3.63) is 22.4 Å². The van der Waals surface area contributed by atoms with Crippen molar-refractivity contribution >= 4 is 17.2 Å². The molecule has 1 aromatic heterocycles. The molecule has 1 aliphatic rings.